The van der Waals surface area contributed by atoms with E-state index in [1.165, 1.54) is 25.8 Å². The number of rotatable bonds is 9. The summed E-state index contributed by atoms with van der Waals surface area (Å²) in [6.45, 7) is 7.76. The van der Waals surface area contributed by atoms with E-state index in [1.807, 2.05) is 24.3 Å². The lowest BCUT2D eigenvalue weighted by molar-refractivity contribution is 0.217. The lowest BCUT2D eigenvalue weighted by Gasteiger charge is -2.22. The van der Waals surface area contributed by atoms with Gasteiger partial charge in [0.05, 0.1) is 6.61 Å². The molecule has 2 rings (SSSR count). The summed E-state index contributed by atoms with van der Waals surface area (Å²) in [7, 11) is 0. The third-order valence-electron chi connectivity index (χ3n) is 3.77. The molecular formula is C17H28N2O. The monoisotopic (exact) mass is 276 g/mol. The van der Waals surface area contributed by atoms with Gasteiger partial charge in [0.1, 0.15) is 5.75 Å². The van der Waals surface area contributed by atoms with Crippen LogP contribution in [0.2, 0.25) is 0 Å². The normalized spacial score (nSPS) is 15.0. The highest BCUT2D eigenvalue weighted by Crippen LogP contribution is 2.27. The van der Waals surface area contributed by atoms with E-state index in [2.05, 4.69) is 18.7 Å². The molecule has 112 valence electrons. The van der Waals surface area contributed by atoms with Crippen molar-refractivity contribution < 1.29 is 4.74 Å². The van der Waals surface area contributed by atoms with Crippen molar-refractivity contribution in [3.63, 3.8) is 0 Å². The van der Waals surface area contributed by atoms with E-state index in [0.717, 1.165) is 43.0 Å². The maximum atomic E-state index is 5.76. The number of ether oxygens (including phenoxy) is 1. The van der Waals surface area contributed by atoms with Gasteiger partial charge in [0.25, 0.3) is 0 Å². The van der Waals surface area contributed by atoms with Crippen LogP contribution in [-0.2, 0) is 0 Å². The Morgan fingerprint density at radius 3 is 2.75 bits per heavy atom. The number of nitrogen functional groups attached to an aromatic ring is 1. The van der Waals surface area contributed by atoms with Crippen LogP contribution in [0.1, 0.15) is 39.5 Å². The molecule has 20 heavy (non-hydrogen) atoms. The number of nitrogens with zero attached hydrogens (tertiary/aromatic N) is 1. The predicted octanol–water partition coefficient (Wildman–Crippen LogP) is 3.55. The summed E-state index contributed by atoms with van der Waals surface area (Å²) in [4.78, 5) is 2.64. The van der Waals surface area contributed by atoms with E-state index < -0.39 is 0 Å². The van der Waals surface area contributed by atoms with Gasteiger partial charge < -0.3 is 15.4 Å². The van der Waals surface area contributed by atoms with Crippen LogP contribution < -0.4 is 10.5 Å². The fourth-order valence-electron chi connectivity index (χ4n) is 2.40. The quantitative estimate of drug-likeness (QED) is 0.554. The van der Waals surface area contributed by atoms with Crippen LogP contribution in [0, 0.1) is 5.92 Å². The smallest absolute Gasteiger partial charge is 0.121 e. The van der Waals surface area contributed by atoms with Crippen molar-refractivity contribution in [2.75, 3.05) is 25.4 Å². The molecule has 0 atom stereocenters. The highest BCUT2D eigenvalue weighted by molar-refractivity contribution is 5.43. The summed E-state index contributed by atoms with van der Waals surface area (Å²) in [5.74, 6) is 1.67. The molecule has 3 heteroatoms. The van der Waals surface area contributed by atoms with Crippen LogP contribution in [0.5, 0.6) is 5.75 Å². The maximum Gasteiger partial charge on any atom is 0.121 e. The molecule has 0 amide bonds. The highest BCUT2D eigenvalue weighted by Gasteiger charge is 2.28. The first kappa shape index (κ1) is 15.2. The standard InChI is InChI=1S/C17H28N2O/c1-14(2)9-11-19(16-7-8-16)10-4-12-20-17-6-3-5-15(18)13-17/h3,5-6,13-14,16H,4,7-12,18H2,1-2H3. The topological polar surface area (TPSA) is 38.5 Å². The molecule has 0 aromatic heterocycles. The molecule has 3 nitrogen and oxygen atoms in total. The Kier molecular flexibility index (Phi) is 5.72. The van der Waals surface area contributed by atoms with E-state index in [0.29, 0.717) is 0 Å². The molecule has 0 unspecified atom stereocenters. The van der Waals surface area contributed by atoms with Gasteiger partial charge in [-0.2, -0.15) is 0 Å². The lowest BCUT2D eigenvalue weighted by atomic mass is 10.1. The van der Waals surface area contributed by atoms with E-state index in [9.17, 15) is 0 Å². The van der Waals surface area contributed by atoms with Gasteiger partial charge in [-0.1, -0.05) is 19.9 Å². The van der Waals surface area contributed by atoms with Gasteiger partial charge >= 0.3 is 0 Å². The predicted molar refractivity (Wildman–Crippen MR) is 85.0 cm³/mol. The van der Waals surface area contributed by atoms with Crippen LogP contribution in [0.4, 0.5) is 5.69 Å². The molecule has 0 radical (unpaired) electrons. The Morgan fingerprint density at radius 2 is 2.10 bits per heavy atom. The molecule has 1 aliphatic carbocycles. The largest absolute Gasteiger partial charge is 0.493 e. The second-order valence-corrected chi connectivity index (χ2v) is 6.22. The van der Waals surface area contributed by atoms with Crippen LogP contribution in [0.15, 0.2) is 24.3 Å². The Labute approximate surface area is 123 Å². The van der Waals surface area contributed by atoms with Crippen molar-refractivity contribution in [1.82, 2.24) is 4.90 Å². The fourth-order valence-corrected chi connectivity index (χ4v) is 2.40. The lowest BCUT2D eigenvalue weighted by Crippen LogP contribution is -2.30. The van der Waals surface area contributed by atoms with E-state index in [4.69, 9.17) is 10.5 Å². The fraction of sp³-hybridized carbons (Fsp3) is 0.647. The summed E-state index contributed by atoms with van der Waals surface area (Å²) in [6.07, 6.45) is 5.15. The zero-order chi connectivity index (χ0) is 14.4. The average Bonchev–Trinajstić information content (AvgIpc) is 3.22. The van der Waals surface area contributed by atoms with Gasteiger partial charge in [0, 0.05) is 24.3 Å². The minimum absolute atomic E-state index is 0.763. The van der Waals surface area contributed by atoms with Crippen LogP contribution >= 0.6 is 0 Å². The molecule has 1 aromatic carbocycles. The second kappa shape index (κ2) is 7.53. The third-order valence-corrected chi connectivity index (χ3v) is 3.77. The van der Waals surface area contributed by atoms with Crippen LogP contribution in [0.25, 0.3) is 0 Å². The van der Waals surface area contributed by atoms with E-state index >= 15 is 0 Å². The van der Waals surface area contributed by atoms with Crippen molar-refractivity contribution in [2.45, 2.75) is 45.6 Å². The Balaban J connectivity index is 1.65. The zero-order valence-corrected chi connectivity index (χ0v) is 12.8. The van der Waals surface area contributed by atoms with Gasteiger partial charge in [-0.3, -0.25) is 0 Å². The molecule has 2 N–H and O–H groups in total. The van der Waals surface area contributed by atoms with Gasteiger partial charge in [0.2, 0.25) is 0 Å². The third kappa shape index (κ3) is 5.41. The van der Waals surface area contributed by atoms with Crippen molar-refractivity contribution in [1.29, 1.82) is 0 Å². The molecule has 1 saturated carbocycles. The van der Waals surface area contributed by atoms with Gasteiger partial charge in [0.15, 0.2) is 0 Å². The minimum atomic E-state index is 0.763. The van der Waals surface area contributed by atoms with Crippen LogP contribution in [0.3, 0.4) is 0 Å². The molecule has 1 aromatic rings. The molecule has 1 fully saturated rings. The maximum absolute atomic E-state index is 5.76. The number of hydrogen-bond acceptors (Lipinski definition) is 3. The summed E-state index contributed by atoms with van der Waals surface area (Å²) < 4.78 is 5.76. The second-order valence-electron chi connectivity index (χ2n) is 6.22. The summed E-state index contributed by atoms with van der Waals surface area (Å²) in [5, 5.41) is 0. The van der Waals surface area contributed by atoms with E-state index in [-0.39, 0.29) is 0 Å². The number of hydrogen-bond donors (Lipinski definition) is 1. The molecule has 0 heterocycles. The molecule has 0 bridgehead atoms. The zero-order valence-electron chi connectivity index (χ0n) is 12.8. The number of benzene rings is 1. The SMILES string of the molecule is CC(C)CCN(CCCOc1cccc(N)c1)C1CC1. The Hall–Kier alpha value is -1.22. The average molecular weight is 276 g/mol. The summed E-state index contributed by atoms with van der Waals surface area (Å²) >= 11 is 0. The first-order chi connectivity index (χ1) is 9.65. The summed E-state index contributed by atoms with van der Waals surface area (Å²) in [6, 6.07) is 8.52. The van der Waals surface area contributed by atoms with Gasteiger partial charge in [-0.15, -0.1) is 0 Å². The highest BCUT2D eigenvalue weighted by atomic mass is 16.5. The van der Waals surface area contributed by atoms with Gasteiger partial charge in [-0.05, 0) is 50.3 Å². The van der Waals surface area contributed by atoms with E-state index in [1.54, 1.807) is 0 Å². The van der Waals surface area contributed by atoms with Crippen molar-refractivity contribution >= 4 is 5.69 Å². The number of anilines is 1. The molecule has 1 aliphatic rings. The Bertz CT molecular complexity index is 402. The van der Waals surface area contributed by atoms with Crippen molar-refractivity contribution in [2.24, 2.45) is 5.92 Å². The molecule has 0 aliphatic heterocycles. The van der Waals surface area contributed by atoms with Gasteiger partial charge in [-0.25, -0.2) is 0 Å². The van der Waals surface area contributed by atoms with Crippen molar-refractivity contribution in [3.05, 3.63) is 24.3 Å². The minimum Gasteiger partial charge on any atom is -0.493 e. The molecule has 0 saturated heterocycles. The van der Waals surface area contributed by atoms with Crippen molar-refractivity contribution in [3.8, 4) is 5.75 Å². The summed E-state index contributed by atoms with van der Waals surface area (Å²) in [5.41, 5.74) is 6.50. The molecule has 0 spiro atoms. The Morgan fingerprint density at radius 1 is 1.30 bits per heavy atom. The molecular weight excluding hydrogens is 248 g/mol. The number of nitrogens with two attached hydrogens (primary N) is 1. The first-order valence-electron chi connectivity index (χ1n) is 7.87. The van der Waals surface area contributed by atoms with Crippen LogP contribution in [-0.4, -0.2) is 30.6 Å². The first-order valence-corrected chi connectivity index (χ1v) is 7.87.